The summed E-state index contributed by atoms with van der Waals surface area (Å²) in [5, 5.41) is 3.21. The number of nitrogens with one attached hydrogen (secondary N) is 1. The Labute approximate surface area is 114 Å². The summed E-state index contributed by atoms with van der Waals surface area (Å²) in [6.45, 7) is 5.81. The van der Waals surface area contributed by atoms with E-state index < -0.39 is 12.7 Å². The van der Waals surface area contributed by atoms with Crippen molar-refractivity contribution in [3.05, 3.63) is 0 Å². The molecule has 0 heterocycles. The van der Waals surface area contributed by atoms with Crippen LogP contribution in [0.25, 0.3) is 0 Å². The lowest BCUT2D eigenvalue weighted by Crippen LogP contribution is -2.54. The van der Waals surface area contributed by atoms with Gasteiger partial charge in [0.05, 0.1) is 6.54 Å². The summed E-state index contributed by atoms with van der Waals surface area (Å²) >= 11 is 0. The van der Waals surface area contributed by atoms with Gasteiger partial charge in [0.15, 0.2) is 0 Å². The average molecular weight is 280 g/mol. The van der Waals surface area contributed by atoms with Gasteiger partial charge in [0.25, 0.3) is 0 Å². The molecule has 0 saturated heterocycles. The quantitative estimate of drug-likeness (QED) is 0.831. The highest BCUT2D eigenvalue weighted by Gasteiger charge is 2.39. The lowest BCUT2D eigenvalue weighted by Gasteiger charge is -2.43. The maximum Gasteiger partial charge on any atom is 0.401 e. The SMILES string of the molecule is CCN(CC(F)(F)F)C1CC(C(C)C)CCC1NC. The second-order valence-electron chi connectivity index (χ2n) is 5.96. The molecule has 0 bridgehead atoms. The molecule has 3 unspecified atom stereocenters. The Hall–Kier alpha value is -0.290. The van der Waals surface area contributed by atoms with Gasteiger partial charge < -0.3 is 5.32 Å². The lowest BCUT2D eigenvalue weighted by atomic mass is 9.76. The zero-order valence-electron chi connectivity index (χ0n) is 12.4. The van der Waals surface area contributed by atoms with Crippen molar-refractivity contribution in [1.29, 1.82) is 0 Å². The Kier molecular flexibility index (Phi) is 6.12. The second kappa shape index (κ2) is 6.93. The van der Waals surface area contributed by atoms with Gasteiger partial charge >= 0.3 is 6.18 Å². The third kappa shape index (κ3) is 4.95. The molecule has 2 nitrogen and oxygen atoms in total. The molecule has 0 aromatic carbocycles. The average Bonchev–Trinajstić information content (AvgIpc) is 2.34. The maximum absolute atomic E-state index is 12.7. The number of hydrogen-bond donors (Lipinski definition) is 1. The monoisotopic (exact) mass is 280 g/mol. The summed E-state index contributed by atoms with van der Waals surface area (Å²) in [6, 6.07) is 0.176. The van der Waals surface area contributed by atoms with Crippen LogP contribution in [0.1, 0.15) is 40.0 Å². The minimum atomic E-state index is -4.11. The molecule has 1 rings (SSSR count). The Bertz CT molecular complexity index is 266. The Morgan fingerprint density at radius 1 is 1.26 bits per heavy atom. The van der Waals surface area contributed by atoms with Crippen LogP contribution >= 0.6 is 0 Å². The second-order valence-corrected chi connectivity index (χ2v) is 5.96. The summed E-state index contributed by atoms with van der Waals surface area (Å²) in [6.07, 6.45) is -1.16. The van der Waals surface area contributed by atoms with Gasteiger partial charge in [-0.15, -0.1) is 0 Å². The molecule has 5 heteroatoms. The van der Waals surface area contributed by atoms with Crippen LogP contribution in [0.4, 0.5) is 13.2 Å². The van der Waals surface area contributed by atoms with Crippen molar-refractivity contribution < 1.29 is 13.2 Å². The van der Waals surface area contributed by atoms with E-state index in [-0.39, 0.29) is 12.1 Å². The Morgan fingerprint density at radius 3 is 2.32 bits per heavy atom. The minimum Gasteiger partial charge on any atom is -0.315 e. The first kappa shape index (κ1) is 16.8. The number of halogens is 3. The number of nitrogens with zero attached hydrogens (tertiary/aromatic N) is 1. The normalized spacial score (nSPS) is 29.2. The largest absolute Gasteiger partial charge is 0.401 e. The van der Waals surface area contributed by atoms with Crippen LogP contribution in [0.5, 0.6) is 0 Å². The summed E-state index contributed by atoms with van der Waals surface area (Å²) in [4.78, 5) is 1.59. The topological polar surface area (TPSA) is 15.3 Å². The molecule has 1 saturated carbocycles. The third-order valence-corrected chi connectivity index (χ3v) is 4.43. The third-order valence-electron chi connectivity index (χ3n) is 4.43. The summed E-state index contributed by atoms with van der Waals surface area (Å²) in [7, 11) is 1.86. The van der Waals surface area contributed by atoms with Gasteiger partial charge in [-0.05, 0) is 44.7 Å². The van der Waals surface area contributed by atoms with Crippen molar-refractivity contribution in [2.75, 3.05) is 20.1 Å². The minimum absolute atomic E-state index is 0.00206. The van der Waals surface area contributed by atoms with Crippen molar-refractivity contribution in [3.8, 4) is 0 Å². The van der Waals surface area contributed by atoms with E-state index >= 15 is 0 Å². The van der Waals surface area contributed by atoms with Crippen molar-refractivity contribution >= 4 is 0 Å². The van der Waals surface area contributed by atoms with Crippen molar-refractivity contribution in [1.82, 2.24) is 10.2 Å². The first-order valence-corrected chi connectivity index (χ1v) is 7.26. The van der Waals surface area contributed by atoms with E-state index in [1.165, 1.54) is 0 Å². The molecule has 0 aromatic heterocycles. The predicted molar refractivity (Wildman–Crippen MR) is 72.1 cm³/mol. The maximum atomic E-state index is 12.7. The Balaban J connectivity index is 2.77. The predicted octanol–water partition coefficient (Wildman–Crippen LogP) is 3.28. The standard InChI is InChI=1S/C14H27F3N2/c1-5-19(9-14(15,16)17)13-8-11(10(2)3)6-7-12(13)18-4/h10-13,18H,5-9H2,1-4H3. The number of alkyl halides is 3. The molecule has 19 heavy (non-hydrogen) atoms. The van der Waals surface area contributed by atoms with Crippen LogP contribution in [-0.2, 0) is 0 Å². The van der Waals surface area contributed by atoms with Crippen molar-refractivity contribution in [2.45, 2.75) is 58.3 Å². The van der Waals surface area contributed by atoms with Gasteiger partial charge in [-0.25, -0.2) is 0 Å². The van der Waals surface area contributed by atoms with Crippen LogP contribution < -0.4 is 5.32 Å². The number of likely N-dealkylation sites (N-methyl/N-ethyl adjacent to an activating group) is 2. The molecule has 114 valence electrons. The molecule has 0 spiro atoms. The lowest BCUT2D eigenvalue weighted by molar-refractivity contribution is -0.153. The van der Waals surface area contributed by atoms with Crippen LogP contribution in [0.15, 0.2) is 0 Å². The van der Waals surface area contributed by atoms with E-state index in [2.05, 4.69) is 19.2 Å². The molecule has 0 amide bonds. The van der Waals surface area contributed by atoms with Gasteiger partial charge in [-0.2, -0.15) is 13.2 Å². The van der Waals surface area contributed by atoms with Crippen molar-refractivity contribution in [3.63, 3.8) is 0 Å². The van der Waals surface area contributed by atoms with E-state index in [1.54, 1.807) is 4.90 Å². The van der Waals surface area contributed by atoms with Gasteiger partial charge in [-0.1, -0.05) is 20.8 Å². The van der Waals surface area contributed by atoms with Crippen LogP contribution in [0, 0.1) is 11.8 Å². The van der Waals surface area contributed by atoms with Crippen LogP contribution in [-0.4, -0.2) is 43.3 Å². The van der Waals surface area contributed by atoms with E-state index in [0.717, 1.165) is 19.3 Å². The van der Waals surface area contributed by atoms with E-state index in [4.69, 9.17) is 0 Å². The first-order valence-electron chi connectivity index (χ1n) is 7.26. The molecular weight excluding hydrogens is 253 g/mol. The zero-order chi connectivity index (χ0) is 14.6. The smallest absolute Gasteiger partial charge is 0.315 e. The number of rotatable bonds is 5. The van der Waals surface area contributed by atoms with Gasteiger partial charge in [0.2, 0.25) is 0 Å². The van der Waals surface area contributed by atoms with Crippen LogP contribution in [0.3, 0.4) is 0 Å². The Morgan fingerprint density at radius 2 is 1.89 bits per heavy atom. The fraction of sp³-hybridized carbons (Fsp3) is 1.00. The molecular formula is C14H27F3N2. The molecule has 1 fully saturated rings. The molecule has 1 N–H and O–H groups in total. The van der Waals surface area contributed by atoms with Gasteiger partial charge in [0.1, 0.15) is 0 Å². The molecule has 1 aliphatic carbocycles. The number of hydrogen-bond acceptors (Lipinski definition) is 2. The van der Waals surface area contributed by atoms with Crippen molar-refractivity contribution in [2.24, 2.45) is 11.8 Å². The highest BCUT2D eigenvalue weighted by Crippen LogP contribution is 2.33. The van der Waals surface area contributed by atoms with Crippen LogP contribution in [0.2, 0.25) is 0 Å². The summed E-state index contributed by atoms with van der Waals surface area (Å²) < 4.78 is 38.0. The molecule has 3 atom stereocenters. The first-order chi connectivity index (χ1) is 8.78. The molecule has 0 aliphatic heterocycles. The zero-order valence-corrected chi connectivity index (χ0v) is 12.4. The van der Waals surface area contributed by atoms with E-state index in [0.29, 0.717) is 18.4 Å². The summed E-state index contributed by atoms with van der Waals surface area (Å²) in [5.41, 5.74) is 0. The van der Waals surface area contributed by atoms with E-state index in [9.17, 15) is 13.2 Å². The highest BCUT2D eigenvalue weighted by atomic mass is 19.4. The highest BCUT2D eigenvalue weighted by molar-refractivity contribution is 4.91. The van der Waals surface area contributed by atoms with E-state index in [1.807, 2.05) is 14.0 Å². The molecule has 0 radical (unpaired) electrons. The fourth-order valence-electron chi connectivity index (χ4n) is 3.22. The summed E-state index contributed by atoms with van der Waals surface area (Å²) in [5.74, 6) is 1.08. The van der Waals surface area contributed by atoms with Gasteiger partial charge in [0, 0.05) is 12.1 Å². The molecule has 0 aromatic rings. The van der Waals surface area contributed by atoms with Gasteiger partial charge in [-0.3, -0.25) is 4.90 Å². The fourth-order valence-corrected chi connectivity index (χ4v) is 3.22. The molecule has 1 aliphatic rings.